The topological polar surface area (TPSA) is 96.5 Å². The first-order chi connectivity index (χ1) is 14.0. The van der Waals surface area contributed by atoms with E-state index >= 15 is 4.39 Å². The molecule has 152 valence electrons. The molecule has 6 heteroatoms. The van der Waals surface area contributed by atoms with Crippen molar-refractivity contribution < 1.29 is 13.9 Å². The third-order valence-corrected chi connectivity index (χ3v) is 5.05. The molecule has 0 radical (unpaired) electrons. The van der Waals surface area contributed by atoms with Crippen LogP contribution < -0.4 is 26.7 Å². The molecule has 0 saturated carbocycles. The van der Waals surface area contributed by atoms with E-state index in [0.717, 1.165) is 22.3 Å². The van der Waals surface area contributed by atoms with E-state index in [-0.39, 0.29) is 6.54 Å². The summed E-state index contributed by atoms with van der Waals surface area (Å²) in [5.74, 6) is 0.942. The molecule has 3 aromatic carbocycles. The first kappa shape index (κ1) is 20.8. The molecule has 0 spiro atoms. The number of rotatable bonds is 7. The Morgan fingerprint density at radius 1 is 0.862 bits per heavy atom. The van der Waals surface area contributed by atoms with Crippen LogP contribution in [0, 0.1) is 5.82 Å². The van der Waals surface area contributed by atoms with E-state index in [0.29, 0.717) is 29.2 Å². The van der Waals surface area contributed by atoms with Crippen LogP contribution in [-0.4, -0.2) is 14.2 Å². The highest BCUT2D eigenvalue weighted by atomic mass is 19.1. The summed E-state index contributed by atoms with van der Waals surface area (Å²) in [4.78, 5) is 0. The molecule has 5 nitrogen and oxygen atoms in total. The number of ether oxygens (including phenoxy) is 2. The van der Waals surface area contributed by atoms with Gasteiger partial charge in [-0.05, 0) is 52.6 Å². The zero-order valence-electron chi connectivity index (χ0n) is 16.6. The summed E-state index contributed by atoms with van der Waals surface area (Å²) in [6, 6.07) is 15.4. The van der Waals surface area contributed by atoms with Crippen molar-refractivity contribution in [3.63, 3.8) is 0 Å². The summed E-state index contributed by atoms with van der Waals surface area (Å²) in [5.41, 5.74) is 22.4. The fraction of sp³-hybridized carbons (Fsp3) is 0.217. The first-order valence-corrected chi connectivity index (χ1v) is 9.31. The highest BCUT2D eigenvalue weighted by Crippen LogP contribution is 2.34. The standard InChI is InChI=1S/C23H26FN3O2/c1-28-17-5-7-18(16(10-17)13-26)23(27)19-6-4-15(11-21(19)24)20-9-14(12-25)3-8-22(20)29-2/h3-11,23H,12-13,25-27H2,1-2H3. The Morgan fingerprint density at radius 3 is 2.24 bits per heavy atom. The van der Waals surface area contributed by atoms with Gasteiger partial charge in [0.05, 0.1) is 20.3 Å². The SMILES string of the molecule is COc1ccc(C(N)c2ccc(-c3cc(CN)ccc3OC)cc2F)c(CN)c1. The third-order valence-electron chi connectivity index (χ3n) is 5.05. The number of benzene rings is 3. The Labute approximate surface area is 170 Å². The van der Waals surface area contributed by atoms with Crippen LogP contribution in [0.4, 0.5) is 4.39 Å². The molecule has 3 aromatic rings. The van der Waals surface area contributed by atoms with Crippen LogP contribution in [0.25, 0.3) is 11.1 Å². The zero-order chi connectivity index (χ0) is 21.0. The zero-order valence-corrected chi connectivity index (χ0v) is 16.6. The number of hydrogen-bond acceptors (Lipinski definition) is 5. The highest BCUT2D eigenvalue weighted by Gasteiger charge is 2.18. The summed E-state index contributed by atoms with van der Waals surface area (Å²) in [7, 11) is 3.17. The van der Waals surface area contributed by atoms with Gasteiger partial charge in [-0.25, -0.2) is 4.39 Å². The Hall–Kier alpha value is -2.93. The highest BCUT2D eigenvalue weighted by molar-refractivity contribution is 5.71. The van der Waals surface area contributed by atoms with E-state index in [1.165, 1.54) is 6.07 Å². The van der Waals surface area contributed by atoms with Crippen molar-refractivity contribution in [3.05, 3.63) is 82.7 Å². The van der Waals surface area contributed by atoms with Crippen molar-refractivity contribution in [2.45, 2.75) is 19.1 Å². The van der Waals surface area contributed by atoms with Crippen molar-refractivity contribution in [1.82, 2.24) is 0 Å². The van der Waals surface area contributed by atoms with E-state index in [2.05, 4.69) is 0 Å². The molecule has 6 N–H and O–H groups in total. The minimum absolute atomic E-state index is 0.281. The quantitative estimate of drug-likeness (QED) is 0.569. The summed E-state index contributed by atoms with van der Waals surface area (Å²) in [6.45, 7) is 0.671. The van der Waals surface area contributed by atoms with E-state index < -0.39 is 11.9 Å². The summed E-state index contributed by atoms with van der Waals surface area (Å²) < 4.78 is 25.7. The second kappa shape index (κ2) is 9.05. The first-order valence-electron chi connectivity index (χ1n) is 9.31. The molecule has 3 rings (SSSR count). The number of methoxy groups -OCH3 is 2. The van der Waals surface area contributed by atoms with Gasteiger partial charge >= 0.3 is 0 Å². The van der Waals surface area contributed by atoms with E-state index in [4.69, 9.17) is 26.7 Å². The predicted molar refractivity (Wildman–Crippen MR) is 113 cm³/mol. The average molecular weight is 395 g/mol. The van der Waals surface area contributed by atoms with Crippen LogP contribution in [0.3, 0.4) is 0 Å². The van der Waals surface area contributed by atoms with Gasteiger partial charge in [-0.3, -0.25) is 0 Å². The molecule has 0 fully saturated rings. The van der Waals surface area contributed by atoms with E-state index in [1.807, 2.05) is 36.4 Å². The third kappa shape index (κ3) is 4.24. The van der Waals surface area contributed by atoms with Gasteiger partial charge in [-0.1, -0.05) is 24.3 Å². The second-order valence-corrected chi connectivity index (χ2v) is 6.72. The molecular weight excluding hydrogens is 369 g/mol. The average Bonchev–Trinajstić information content (AvgIpc) is 2.77. The summed E-state index contributed by atoms with van der Waals surface area (Å²) >= 11 is 0. The molecule has 0 bridgehead atoms. The maximum Gasteiger partial charge on any atom is 0.128 e. The normalized spacial score (nSPS) is 11.9. The van der Waals surface area contributed by atoms with Gasteiger partial charge < -0.3 is 26.7 Å². The van der Waals surface area contributed by atoms with Crippen molar-refractivity contribution in [2.24, 2.45) is 17.2 Å². The number of hydrogen-bond donors (Lipinski definition) is 3. The van der Waals surface area contributed by atoms with Gasteiger partial charge in [-0.2, -0.15) is 0 Å². The molecule has 0 amide bonds. The van der Waals surface area contributed by atoms with Gasteiger partial charge in [0, 0.05) is 24.2 Å². The molecular formula is C23H26FN3O2. The minimum Gasteiger partial charge on any atom is -0.497 e. The van der Waals surface area contributed by atoms with Crippen LogP contribution in [0.5, 0.6) is 11.5 Å². The van der Waals surface area contributed by atoms with Gasteiger partial charge in [0.2, 0.25) is 0 Å². The number of halogens is 1. The molecule has 0 aliphatic heterocycles. The van der Waals surface area contributed by atoms with E-state index in [9.17, 15) is 0 Å². The second-order valence-electron chi connectivity index (χ2n) is 6.72. The fourth-order valence-electron chi connectivity index (χ4n) is 3.41. The van der Waals surface area contributed by atoms with Crippen molar-refractivity contribution in [1.29, 1.82) is 0 Å². The predicted octanol–water partition coefficient (Wildman–Crippen LogP) is 3.48. The van der Waals surface area contributed by atoms with Gasteiger partial charge in [0.25, 0.3) is 0 Å². The Morgan fingerprint density at radius 2 is 1.62 bits per heavy atom. The Bertz CT molecular complexity index is 1010. The van der Waals surface area contributed by atoms with Crippen LogP contribution >= 0.6 is 0 Å². The van der Waals surface area contributed by atoms with Gasteiger partial charge in [0.1, 0.15) is 17.3 Å². The minimum atomic E-state index is -0.647. The maximum absolute atomic E-state index is 15.1. The largest absolute Gasteiger partial charge is 0.497 e. The van der Waals surface area contributed by atoms with Crippen LogP contribution in [-0.2, 0) is 13.1 Å². The van der Waals surface area contributed by atoms with Crippen molar-refractivity contribution in [2.75, 3.05) is 14.2 Å². The molecule has 0 aromatic heterocycles. The lowest BCUT2D eigenvalue weighted by Gasteiger charge is -2.19. The molecule has 0 aliphatic carbocycles. The lowest BCUT2D eigenvalue weighted by molar-refractivity contribution is 0.414. The number of nitrogens with two attached hydrogens (primary N) is 3. The molecule has 0 aliphatic rings. The maximum atomic E-state index is 15.1. The lowest BCUT2D eigenvalue weighted by Crippen LogP contribution is -2.17. The lowest BCUT2D eigenvalue weighted by atomic mass is 9.92. The van der Waals surface area contributed by atoms with Crippen LogP contribution in [0.1, 0.15) is 28.3 Å². The van der Waals surface area contributed by atoms with Crippen LogP contribution in [0.2, 0.25) is 0 Å². The van der Waals surface area contributed by atoms with Crippen molar-refractivity contribution in [3.8, 4) is 22.6 Å². The molecule has 0 heterocycles. The van der Waals surface area contributed by atoms with Gasteiger partial charge in [-0.15, -0.1) is 0 Å². The monoisotopic (exact) mass is 395 g/mol. The molecule has 29 heavy (non-hydrogen) atoms. The smallest absolute Gasteiger partial charge is 0.128 e. The van der Waals surface area contributed by atoms with E-state index in [1.54, 1.807) is 26.4 Å². The molecule has 1 unspecified atom stereocenters. The summed E-state index contributed by atoms with van der Waals surface area (Å²) in [5, 5.41) is 0. The van der Waals surface area contributed by atoms with Gasteiger partial charge in [0.15, 0.2) is 0 Å². The Kier molecular flexibility index (Phi) is 6.49. The summed E-state index contributed by atoms with van der Waals surface area (Å²) in [6.07, 6.45) is 0. The molecule has 0 saturated heterocycles. The van der Waals surface area contributed by atoms with Crippen molar-refractivity contribution >= 4 is 0 Å². The Balaban J connectivity index is 2.01. The van der Waals surface area contributed by atoms with Crippen LogP contribution in [0.15, 0.2) is 54.6 Å². The molecule has 1 atom stereocenters. The fourth-order valence-corrected chi connectivity index (χ4v) is 3.41.